The zero-order chi connectivity index (χ0) is 7.11. The predicted molar refractivity (Wildman–Crippen MR) is 40.8 cm³/mol. The van der Waals surface area contributed by atoms with Crippen LogP contribution in [0.2, 0.25) is 0 Å². The van der Waals surface area contributed by atoms with E-state index in [1.165, 1.54) is 13.0 Å². The number of ether oxygens (including phenoxy) is 1. The van der Waals surface area contributed by atoms with Crippen LogP contribution in [0, 0.1) is 0 Å². The molecule has 0 aromatic heterocycles. The first-order valence-electron chi connectivity index (χ1n) is 3.55. The summed E-state index contributed by atoms with van der Waals surface area (Å²) < 4.78 is 4.02. The Balaban J connectivity index is 2.95. The lowest BCUT2D eigenvalue weighted by Crippen LogP contribution is -2.24. The molecular formula is C7H18NO+. The molecule has 0 aliphatic carbocycles. The van der Waals surface area contributed by atoms with Crippen molar-refractivity contribution in [2.24, 2.45) is 0 Å². The highest BCUT2D eigenvalue weighted by molar-refractivity contribution is 4.46. The van der Waals surface area contributed by atoms with E-state index in [-0.39, 0.29) is 0 Å². The summed E-state index contributed by atoms with van der Waals surface area (Å²) in [5, 5.41) is 0. The molecule has 2 heteroatoms. The maximum Gasteiger partial charge on any atom is 0.157 e. The van der Waals surface area contributed by atoms with Crippen molar-refractivity contribution in [1.82, 2.24) is 4.90 Å². The fourth-order valence-corrected chi connectivity index (χ4v) is 0.764. The Kier molecular flexibility index (Phi) is 5.99. The largest absolute Gasteiger partial charge is 0.435 e. The first kappa shape index (κ1) is 8.92. The summed E-state index contributed by atoms with van der Waals surface area (Å²) >= 11 is 0. The van der Waals surface area contributed by atoms with Gasteiger partial charge in [0.2, 0.25) is 0 Å². The maximum atomic E-state index is 4.02. The smallest absolute Gasteiger partial charge is 0.157 e. The quantitative estimate of drug-likeness (QED) is 0.497. The Labute approximate surface area is 57.8 Å². The van der Waals surface area contributed by atoms with Crippen molar-refractivity contribution in [3.05, 3.63) is 0 Å². The van der Waals surface area contributed by atoms with Gasteiger partial charge in [0, 0.05) is 0 Å². The molecule has 0 rings (SSSR count). The van der Waals surface area contributed by atoms with E-state index in [9.17, 15) is 0 Å². The van der Waals surface area contributed by atoms with Crippen LogP contribution in [0.25, 0.3) is 0 Å². The lowest BCUT2D eigenvalue weighted by atomic mass is 10.4. The molecule has 0 aromatic rings. The second-order valence-electron chi connectivity index (χ2n) is 2.34. The van der Waals surface area contributed by atoms with Crippen LogP contribution in [0.4, 0.5) is 0 Å². The number of hydrogen-bond acceptors (Lipinski definition) is 1. The van der Waals surface area contributed by atoms with E-state index in [2.05, 4.69) is 23.6 Å². The average Bonchev–Trinajstić information content (AvgIpc) is 1.85. The van der Waals surface area contributed by atoms with Gasteiger partial charge in [-0.25, -0.2) is 0 Å². The van der Waals surface area contributed by atoms with Crippen molar-refractivity contribution in [3.8, 4) is 0 Å². The number of likely N-dealkylation sites (N-methyl/N-ethyl adjacent to an activating group) is 1. The average molecular weight is 132 g/mol. The topological polar surface area (TPSA) is 16.0 Å². The molecule has 0 aliphatic heterocycles. The Morgan fingerprint density at radius 3 is 2.44 bits per heavy atom. The van der Waals surface area contributed by atoms with Gasteiger partial charge in [0.25, 0.3) is 0 Å². The zero-order valence-corrected chi connectivity index (χ0v) is 6.72. The predicted octanol–water partition coefficient (Wildman–Crippen LogP) is 0.486. The minimum Gasteiger partial charge on any atom is -0.435 e. The molecule has 0 spiro atoms. The van der Waals surface area contributed by atoms with Gasteiger partial charge in [-0.15, -0.1) is 0 Å². The fourth-order valence-electron chi connectivity index (χ4n) is 0.764. The van der Waals surface area contributed by atoms with E-state index < -0.39 is 0 Å². The standard InChI is InChI=1S/C7H17NO/c1-4-5-8(2)6-7-9-3/h4-7H2,1-3H3/p+1. The van der Waals surface area contributed by atoms with Gasteiger partial charge in [-0.1, -0.05) is 6.92 Å². The molecule has 0 saturated heterocycles. The third-order valence-electron chi connectivity index (χ3n) is 1.31. The Morgan fingerprint density at radius 1 is 1.33 bits per heavy atom. The molecule has 0 atom stereocenters. The summed E-state index contributed by atoms with van der Waals surface area (Å²) in [6.45, 7) is 5.45. The maximum absolute atomic E-state index is 4.02. The molecule has 0 amide bonds. The highest BCUT2D eigenvalue weighted by atomic mass is 16.5. The van der Waals surface area contributed by atoms with Crippen molar-refractivity contribution in [2.75, 3.05) is 33.9 Å². The molecule has 0 fully saturated rings. The van der Waals surface area contributed by atoms with Gasteiger partial charge in [0.1, 0.15) is 7.11 Å². The van der Waals surface area contributed by atoms with Crippen molar-refractivity contribution in [1.29, 1.82) is 0 Å². The normalized spacial score (nSPS) is 10.7. The Bertz CT molecular complexity index is 56.9. The van der Waals surface area contributed by atoms with Crippen LogP contribution in [0.1, 0.15) is 13.3 Å². The molecule has 0 heterocycles. The van der Waals surface area contributed by atoms with Crippen molar-refractivity contribution in [2.45, 2.75) is 13.3 Å². The molecule has 56 valence electrons. The number of aliphatic hydroxyl groups is 2. The Hall–Kier alpha value is -0.0800. The molecule has 0 aliphatic rings. The van der Waals surface area contributed by atoms with E-state index in [4.69, 9.17) is 0 Å². The van der Waals surface area contributed by atoms with Crippen LogP contribution in [-0.2, 0) is 0 Å². The minimum absolute atomic E-state index is 0.969. The molecule has 1 N–H and O–H groups in total. The summed E-state index contributed by atoms with van der Waals surface area (Å²) in [5.41, 5.74) is 0. The van der Waals surface area contributed by atoms with E-state index in [0.717, 1.165) is 13.2 Å². The van der Waals surface area contributed by atoms with Gasteiger partial charge >= 0.3 is 0 Å². The van der Waals surface area contributed by atoms with Crippen LogP contribution in [0.3, 0.4) is 0 Å². The van der Waals surface area contributed by atoms with Gasteiger partial charge in [-0.3, -0.25) is 4.90 Å². The first-order valence-corrected chi connectivity index (χ1v) is 3.55. The third kappa shape index (κ3) is 5.80. The van der Waals surface area contributed by atoms with E-state index in [1.54, 1.807) is 0 Å². The van der Waals surface area contributed by atoms with E-state index in [1.807, 2.05) is 7.11 Å². The highest BCUT2D eigenvalue weighted by Gasteiger charge is 1.95. The van der Waals surface area contributed by atoms with Crippen molar-refractivity contribution < 1.29 is 4.74 Å². The van der Waals surface area contributed by atoms with Gasteiger partial charge in [0.15, 0.2) is 6.61 Å². The molecule has 0 unspecified atom stereocenters. The monoisotopic (exact) mass is 132 g/mol. The lowest BCUT2D eigenvalue weighted by Gasteiger charge is -2.11. The summed E-state index contributed by atoms with van der Waals surface area (Å²) in [6, 6.07) is 0. The van der Waals surface area contributed by atoms with Crippen LogP contribution in [0.15, 0.2) is 0 Å². The molecule has 9 heavy (non-hydrogen) atoms. The molecule has 0 aromatic carbocycles. The number of hydrogen-bond donors (Lipinski definition) is 0. The molecular weight excluding hydrogens is 114 g/mol. The van der Waals surface area contributed by atoms with Crippen LogP contribution in [-0.4, -0.2) is 43.5 Å². The second kappa shape index (κ2) is 6.05. The lowest BCUT2D eigenvalue weighted by molar-refractivity contribution is 0.00368. The second-order valence-corrected chi connectivity index (χ2v) is 2.34. The first-order chi connectivity index (χ1) is 4.31. The van der Waals surface area contributed by atoms with Crippen LogP contribution >= 0.6 is 0 Å². The number of nitrogens with zero attached hydrogens (tertiary/aromatic N) is 1. The molecule has 0 radical (unpaired) electrons. The van der Waals surface area contributed by atoms with Gasteiger partial charge in [0.05, 0.1) is 6.54 Å². The van der Waals surface area contributed by atoms with E-state index >= 15 is 0 Å². The van der Waals surface area contributed by atoms with Crippen LogP contribution in [0.5, 0.6) is 0 Å². The van der Waals surface area contributed by atoms with Crippen molar-refractivity contribution in [3.63, 3.8) is 0 Å². The third-order valence-corrected chi connectivity index (χ3v) is 1.31. The number of rotatable bonds is 5. The Morgan fingerprint density at radius 2 is 2.00 bits per heavy atom. The van der Waals surface area contributed by atoms with Gasteiger partial charge in [-0.2, -0.15) is 0 Å². The fraction of sp³-hybridized carbons (Fsp3) is 1.00. The van der Waals surface area contributed by atoms with Gasteiger partial charge < -0.3 is 4.74 Å². The highest BCUT2D eigenvalue weighted by Crippen LogP contribution is 1.83. The molecule has 2 nitrogen and oxygen atoms in total. The summed E-state index contributed by atoms with van der Waals surface area (Å²) in [4.78, 5) is 2.30. The minimum atomic E-state index is 0.969. The summed E-state index contributed by atoms with van der Waals surface area (Å²) in [5.74, 6) is 0. The zero-order valence-electron chi connectivity index (χ0n) is 6.72. The SMILES string of the molecule is CCCN(C)CC[OH+]C. The molecule has 0 bridgehead atoms. The summed E-state index contributed by atoms with van der Waals surface area (Å²) in [6.07, 6.45) is 1.24. The van der Waals surface area contributed by atoms with Crippen molar-refractivity contribution >= 4 is 0 Å². The van der Waals surface area contributed by atoms with Crippen LogP contribution < -0.4 is 0 Å². The summed E-state index contributed by atoms with van der Waals surface area (Å²) in [7, 11) is 3.99. The van der Waals surface area contributed by atoms with Gasteiger partial charge in [-0.05, 0) is 20.0 Å². The molecule has 0 saturated carbocycles. The van der Waals surface area contributed by atoms with E-state index in [0.29, 0.717) is 0 Å².